The van der Waals surface area contributed by atoms with E-state index in [2.05, 4.69) is 0 Å². The highest BCUT2D eigenvalue weighted by molar-refractivity contribution is 6.32. The van der Waals surface area contributed by atoms with Gasteiger partial charge in [0.2, 0.25) is 0 Å². The Morgan fingerprint density at radius 3 is 2.53 bits per heavy atom. The third kappa shape index (κ3) is 4.19. The highest BCUT2D eigenvalue weighted by Crippen LogP contribution is 2.22. The highest BCUT2D eigenvalue weighted by Gasteiger charge is 2.27. The Hall–Kier alpha value is -1.26. The van der Waals surface area contributed by atoms with Gasteiger partial charge in [-0.2, -0.15) is 13.2 Å². The summed E-state index contributed by atoms with van der Waals surface area (Å²) in [7, 11) is 5.40. The summed E-state index contributed by atoms with van der Waals surface area (Å²) in [5.41, 5.74) is 0.590. The van der Waals surface area contributed by atoms with E-state index in [9.17, 15) is 18.0 Å². The molecule has 0 bridgehead atoms. The molecule has 2 radical (unpaired) electrons. The second kappa shape index (κ2) is 4.51. The SMILES string of the molecule is [B]c1cccc(C(=O)CCC(F)(F)F)c1. The third-order valence-corrected chi connectivity index (χ3v) is 1.84. The predicted molar refractivity (Wildman–Crippen MR) is 51.4 cm³/mol. The number of hydrogen-bond acceptors (Lipinski definition) is 1. The van der Waals surface area contributed by atoms with E-state index < -0.39 is 24.8 Å². The number of carbonyl (C=O) groups is 1. The molecule has 0 N–H and O–H groups in total. The molecule has 0 unspecified atom stereocenters. The molecule has 1 rings (SSSR count). The molecule has 1 aromatic rings. The van der Waals surface area contributed by atoms with Crippen LogP contribution in [-0.4, -0.2) is 19.8 Å². The van der Waals surface area contributed by atoms with Crippen molar-refractivity contribution in [2.24, 2.45) is 0 Å². The Morgan fingerprint density at radius 2 is 2.00 bits per heavy atom. The lowest BCUT2D eigenvalue weighted by Crippen LogP contribution is -2.12. The van der Waals surface area contributed by atoms with Crippen LogP contribution in [0.15, 0.2) is 24.3 Å². The molecule has 0 spiro atoms. The van der Waals surface area contributed by atoms with Crippen molar-refractivity contribution in [1.82, 2.24) is 0 Å². The minimum Gasteiger partial charge on any atom is -0.294 e. The molecule has 0 aliphatic carbocycles. The fraction of sp³-hybridized carbons (Fsp3) is 0.300. The molecule has 0 fully saturated rings. The number of rotatable bonds is 3. The summed E-state index contributed by atoms with van der Waals surface area (Å²) in [6.45, 7) is 0. The van der Waals surface area contributed by atoms with E-state index in [4.69, 9.17) is 7.85 Å². The van der Waals surface area contributed by atoms with Crippen molar-refractivity contribution < 1.29 is 18.0 Å². The van der Waals surface area contributed by atoms with Gasteiger partial charge in [0, 0.05) is 12.0 Å². The van der Waals surface area contributed by atoms with Crippen molar-refractivity contribution in [1.29, 1.82) is 0 Å². The maximum Gasteiger partial charge on any atom is 0.389 e. The van der Waals surface area contributed by atoms with Gasteiger partial charge in [-0.15, -0.1) is 0 Å². The van der Waals surface area contributed by atoms with E-state index in [-0.39, 0.29) is 5.56 Å². The number of benzene rings is 1. The zero-order chi connectivity index (χ0) is 11.5. The average molecular weight is 212 g/mol. The first kappa shape index (κ1) is 11.8. The molecule has 0 saturated heterocycles. The fourth-order valence-corrected chi connectivity index (χ4v) is 1.11. The first-order chi connectivity index (χ1) is 6.88. The van der Waals surface area contributed by atoms with Crippen molar-refractivity contribution in [3.8, 4) is 0 Å². The van der Waals surface area contributed by atoms with Crippen LogP contribution < -0.4 is 5.46 Å². The van der Waals surface area contributed by atoms with Crippen LogP contribution in [0.3, 0.4) is 0 Å². The van der Waals surface area contributed by atoms with Crippen LogP contribution in [0.1, 0.15) is 23.2 Å². The van der Waals surface area contributed by atoms with Crippen molar-refractivity contribution in [2.45, 2.75) is 19.0 Å². The van der Waals surface area contributed by atoms with Crippen LogP contribution in [-0.2, 0) is 0 Å². The summed E-state index contributed by atoms with van der Waals surface area (Å²) in [6, 6.07) is 5.93. The van der Waals surface area contributed by atoms with Crippen LogP contribution in [0.4, 0.5) is 13.2 Å². The molecule has 1 nitrogen and oxygen atoms in total. The van der Waals surface area contributed by atoms with Gasteiger partial charge < -0.3 is 0 Å². The minimum atomic E-state index is -4.30. The van der Waals surface area contributed by atoms with E-state index in [1.165, 1.54) is 18.2 Å². The normalized spacial score (nSPS) is 11.4. The van der Waals surface area contributed by atoms with E-state index in [0.717, 1.165) is 0 Å². The summed E-state index contributed by atoms with van der Waals surface area (Å²) < 4.78 is 35.5. The summed E-state index contributed by atoms with van der Waals surface area (Å²) in [5, 5.41) is 0. The molecular weight excluding hydrogens is 204 g/mol. The number of ketones is 1. The molecule has 1 aromatic carbocycles. The van der Waals surface area contributed by atoms with Crippen molar-refractivity contribution in [2.75, 3.05) is 0 Å². The molecule has 0 saturated carbocycles. The molecule has 0 amide bonds. The zero-order valence-corrected chi connectivity index (χ0v) is 7.84. The van der Waals surface area contributed by atoms with Gasteiger partial charge in [0.15, 0.2) is 5.78 Å². The average Bonchev–Trinajstić information content (AvgIpc) is 2.13. The minimum absolute atomic E-state index is 0.222. The molecule has 78 valence electrons. The Kier molecular flexibility index (Phi) is 3.55. The van der Waals surface area contributed by atoms with Crippen molar-refractivity contribution in [3.05, 3.63) is 29.8 Å². The lowest BCUT2D eigenvalue weighted by molar-refractivity contribution is -0.133. The molecule has 5 heteroatoms. The number of carbonyl (C=O) groups excluding carboxylic acids is 1. The Labute approximate surface area is 86.7 Å². The third-order valence-electron chi connectivity index (χ3n) is 1.84. The smallest absolute Gasteiger partial charge is 0.294 e. The van der Waals surface area contributed by atoms with E-state index in [1.54, 1.807) is 6.07 Å². The zero-order valence-electron chi connectivity index (χ0n) is 7.84. The molecular formula is C10H8BF3O. The first-order valence-corrected chi connectivity index (χ1v) is 4.34. The predicted octanol–water partition coefficient (Wildman–Crippen LogP) is 2.01. The van der Waals surface area contributed by atoms with Gasteiger partial charge in [-0.1, -0.05) is 29.7 Å². The Balaban J connectivity index is 2.62. The fourth-order valence-electron chi connectivity index (χ4n) is 1.11. The van der Waals surface area contributed by atoms with Gasteiger partial charge in [0.05, 0.1) is 6.42 Å². The molecule has 0 aliphatic rings. The summed E-state index contributed by atoms with van der Waals surface area (Å²) in [5.74, 6) is -0.542. The molecule has 0 aromatic heterocycles. The van der Waals surface area contributed by atoms with Crippen LogP contribution in [0.2, 0.25) is 0 Å². The van der Waals surface area contributed by atoms with Gasteiger partial charge in [-0.25, -0.2) is 0 Å². The van der Waals surface area contributed by atoms with E-state index in [0.29, 0.717) is 5.46 Å². The quantitative estimate of drug-likeness (QED) is 0.553. The summed E-state index contributed by atoms with van der Waals surface area (Å²) >= 11 is 0. The van der Waals surface area contributed by atoms with Gasteiger partial charge in [-0.3, -0.25) is 4.79 Å². The Bertz CT molecular complexity index is 360. The Morgan fingerprint density at radius 1 is 1.33 bits per heavy atom. The monoisotopic (exact) mass is 212 g/mol. The lowest BCUT2D eigenvalue weighted by Gasteiger charge is -2.05. The van der Waals surface area contributed by atoms with Crippen molar-refractivity contribution >= 4 is 19.1 Å². The number of alkyl halides is 3. The maximum absolute atomic E-state index is 11.8. The molecule has 15 heavy (non-hydrogen) atoms. The van der Waals surface area contributed by atoms with Gasteiger partial charge >= 0.3 is 6.18 Å². The number of hydrogen-bond donors (Lipinski definition) is 0. The van der Waals surface area contributed by atoms with Gasteiger partial charge in [-0.05, 0) is 0 Å². The van der Waals surface area contributed by atoms with Crippen LogP contribution >= 0.6 is 0 Å². The molecule has 0 heterocycles. The topological polar surface area (TPSA) is 17.1 Å². The first-order valence-electron chi connectivity index (χ1n) is 4.34. The standard InChI is InChI=1S/C10H8BF3O/c11-8-3-1-2-7(6-8)9(15)4-5-10(12,13)14/h1-3,6H,4-5H2. The number of halogens is 3. The van der Waals surface area contributed by atoms with Crippen LogP contribution in [0, 0.1) is 0 Å². The van der Waals surface area contributed by atoms with Crippen molar-refractivity contribution in [3.63, 3.8) is 0 Å². The van der Waals surface area contributed by atoms with E-state index in [1.807, 2.05) is 0 Å². The second-order valence-corrected chi connectivity index (χ2v) is 3.16. The summed E-state index contributed by atoms with van der Waals surface area (Å²) in [4.78, 5) is 11.3. The van der Waals surface area contributed by atoms with Crippen LogP contribution in [0.5, 0.6) is 0 Å². The van der Waals surface area contributed by atoms with Gasteiger partial charge in [0.1, 0.15) is 7.85 Å². The highest BCUT2D eigenvalue weighted by atomic mass is 19.4. The molecule has 0 atom stereocenters. The maximum atomic E-state index is 11.8. The summed E-state index contributed by atoms with van der Waals surface area (Å²) in [6.07, 6.45) is -5.93. The van der Waals surface area contributed by atoms with E-state index >= 15 is 0 Å². The number of Topliss-reactive ketones (excluding diaryl/α,β-unsaturated/α-hetero) is 1. The second-order valence-electron chi connectivity index (χ2n) is 3.16. The lowest BCUT2D eigenvalue weighted by atomic mass is 9.93. The molecule has 0 aliphatic heterocycles. The van der Waals surface area contributed by atoms with Gasteiger partial charge in [0.25, 0.3) is 0 Å². The largest absolute Gasteiger partial charge is 0.389 e. The van der Waals surface area contributed by atoms with Crippen LogP contribution in [0.25, 0.3) is 0 Å².